The molecule has 0 atom stereocenters. The fourth-order valence-corrected chi connectivity index (χ4v) is 3.42. The van der Waals surface area contributed by atoms with Crippen LogP contribution in [-0.4, -0.2) is 27.3 Å². The van der Waals surface area contributed by atoms with E-state index in [1.54, 1.807) is 0 Å². The third-order valence-electron chi connectivity index (χ3n) is 3.29. The van der Waals surface area contributed by atoms with Gasteiger partial charge in [0.1, 0.15) is 0 Å². The van der Waals surface area contributed by atoms with Crippen LogP contribution in [0.25, 0.3) is 11.3 Å². The van der Waals surface area contributed by atoms with Crippen molar-refractivity contribution in [3.05, 3.63) is 34.9 Å². The van der Waals surface area contributed by atoms with Crippen molar-refractivity contribution in [1.82, 2.24) is 14.9 Å². The molecule has 0 fully saturated rings. The van der Waals surface area contributed by atoms with Crippen LogP contribution in [-0.2, 0) is 11.3 Å². The Bertz CT molecular complexity index is 680. The van der Waals surface area contributed by atoms with E-state index in [2.05, 4.69) is 56.8 Å². The molecule has 0 saturated heterocycles. The van der Waals surface area contributed by atoms with Crippen molar-refractivity contribution in [3.8, 4) is 11.3 Å². The lowest BCUT2D eigenvalue weighted by atomic mass is 10.1. The maximum Gasteiger partial charge on any atom is 0.230 e. The first-order chi connectivity index (χ1) is 11.4. The van der Waals surface area contributed by atoms with Crippen LogP contribution in [0.15, 0.2) is 40.1 Å². The molecular weight excluding hydrogens is 386 g/mol. The zero-order chi connectivity index (χ0) is 17.7. The average molecular weight is 410 g/mol. The monoisotopic (exact) mass is 409 g/mol. The maximum atomic E-state index is 11.9. The zero-order valence-electron chi connectivity index (χ0n) is 14.5. The summed E-state index contributed by atoms with van der Waals surface area (Å²) in [6.07, 6.45) is 1.90. The summed E-state index contributed by atoms with van der Waals surface area (Å²) in [4.78, 5) is 16.5. The number of carbonyl (C=O) groups excluding carboxylic acids is 1. The molecule has 130 valence electrons. The van der Waals surface area contributed by atoms with Gasteiger partial charge in [-0.3, -0.25) is 4.79 Å². The molecule has 24 heavy (non-hydrogen) atoms. The highest BCUT2D eigenvalue weighted by atomic mass is 79.9. The molecule has 4 nitrogen and oxygen atoms in total. The standard InChI is InChI=1S/C18H24BrN3OS/c1-12(2)10-22-16(14-5-7-15(19)8-6-14)9-20-18(22)24-11-17(23)21-13(3)4/h5-9,12-13H,10-11H2,1-4H3,(H,21,23). The highest BCUT2D eigenvalue weighted by Crippen LogP contribution is 2.28. The molecule has 1 aromatic carbocycles. The summed E-state index contributed by atoms with van der Waals surface area (Å²) in [5.74, 6) is 0.920. The molecule has 0 aliphatic carbocycles. The third-order valence-corrected chi connectivity index (χ3v) is 4.81. The van der Waals surface area contributed by atoms with E-state index in [9.17, 15) is 4.79 Å². The van der Waals surface area contributed by atoms with Crippen molar-refractivity contribution in [3.63, 3.8) is 0 Å². The van der Waals surface area contributed by atoms with Gasteiger partial charge in [-0.1, -0.05) is 53.7 Å². The molecule has 0 spiro atoms. The summed E-state index contributed by atoms with van der Waals surface area (Å²) < 4.78 is 3.27. The van der Waals surface area contributed by atoms with Crippen LogP contribution in [0, 0.1) is 5.92 Å². The van der Waals surface area contributed by atoms with E-state index in [-0.39, 0.29) is 11.9 Å². The number of rotatable bonds is 7. The molecule has 1 aromatic heterocycles. The molecule has 2 rings (SSSR count). The summed E-state index contributed by atoms with van der Waals surface area (Å²) in [6.45, 7) is 9.18. The van der Waals surface area contributed by atoms with E-state index in [0.29, 0.717) is 11.7 Å². The second-order valence-electron chi connectivity index (χ2n) is 6.45. The number of carbonyl (C=O) groups is 1. The third kappa shape index (κ3) is 5.38. The largest absolute Gasteiger partial charge is 0.353 e. The molecule has 2 aromatic rings. The van der Waals surface area contributed by atoms with Crippen molar-refractivity contribution in [2.24, 2.45) is 5.92 Å². The molecule has 0 aliphatic rings. The van der Waals surface area contributed by atoms with E-state index in [1.165, 1.54) is 11.8 Å². The number of benzene rings is 1. The second-order valence-corrected chi connectivity index (χ2v) is 8.31. The molecule has 0 radical (unpaired) electrons. The van der Waals surface area contributed by atoms with Crippen LogP contribution in [0.2, 0.25) is 0 Å². The molecule has 1 amide bonds. The quantitative estimate of drug-likeness (QED) is 0.680. The number of thioether (sulfide) groups is 1. The number of nitrogens with zero attached hydrogens (tertiary/aromatic N) is 2. The summed E-state index contributed by atoms with van der Waals surface area (Å²) in [5.41, 5.74) is 2.22. The first kappa shape index (κ1) is 19.1. The Balaban J connectivity index is 2.22. The van der Waals surface area contributed by atoms with Gasteiger partial charge < -0.3 is 9.88 Å². The maximum absolute atomic E-state index is 11.9. The predicted molar refractivity (Wildman–Crippen MR) is 104 cm³/mol. The molecule has 0 aliphatic heterocycles. The molecule has 0 saturated carbocycles. The first-order valence-electron chi connectivity index (χ1n) is 8.10. The lowest BCUT2D eigenvalue weighted by Gasteiger charge is -2.14. The Labute approximate surface area is 156 Å². The molecular formula is C18H24BrN3OS. The number of imidazole rings is 1. The molecule has 6 heteroatoms. The van der Waals surface area contributed by atoms with E-state index in [0.717, 1.165) is 27.4 Å². The zero-order valence-corrected chi connectivity index (χ0v) is 16.9. The number of amides is 1. The van der Waals surface area contributed by atoms with Crippen LogP contribution in [0.4, 0.5) is 0 Å². The number of nitrogens with one attached hydrogen (secondary N) is 1. The van der Waals surface area contributed by atoms with Gasteiger partial charge in [-0.2, -0.15) is 0 Å². The minimum Gasteiger partial charge on any atom is -0.353 e. The lowest BCUT2D eigenvalue weighted by Crippen LogP contribution is -2.31. The van der Waals surface area contributed by atoms with Gasteiger partial charge in [-0.15, -0.1) is 0 Å². The van der Waals surface area contributed by atoms with E-state index in [4.69, 9.17) is 0 Å². The second kappa shape index (κ2) is 8.72. The van der Waals surface area contributed by atoms with Crippen LogP contribution < -0.4 is 5.32 Å². The molecule has 1 heterocycles. The van der Waals surface area contributed by atoms with E-state index >= 15 is 0 Å². The Kier molecular flexibility index (Phi) is 6.92. The Morgan fingerprint density at radius 2 is 1.92 bits per heavy atom. The summed E-state index contributed by atoms with van der Waals surface area (Å²) in [7, 11) is 0. The average Bonchev–Trinajstić information content (AvgIpc) is 2.87. The van der Waals surface area contributed by atoms with Gasteiger partial charge in [0.25, 0.3) is 0 Å². The van der Waals surface area contributed by atoms with Crippen molar-refractivity contribution in [1.29, 1.82) is 0 Å². The van der Waals surface area contributed by atoms with Gasteiger partial charge in [0, 0.05) is 17.1 Å². The SMILES string of the molecule is CC(C)Cn1c(-c2ccc(Br)cc2)cnc1SCC(=O)NC(C)C. The van der Waals surface area contributed by atoms with Gasteiger partial charge in [-0.25, -0.2) is 4.98 Å². The lowest BCUT2D eigenvalue weighted by molar-refractivity contribution is -0.119. The number of hydrogen-bond acceptors (Lipinski definition) is 3. The minimum absolute atomic E-state index is 0.0410. The van der Waals surface area contributed by atoms with Crippen LogP contribution in [0.3, 0.4) is 0 Å². The Morgan fingerprint density at radius 1 is 1.25 bits per heavy atom. The highest BCUT2D eigenvalue weighted by Gasteiger charge is 2.15. The fourth-order valence-electron chi connectivity index (χ4n) is 2.36. The van der Waals surface area contributed by atoms with Gasteiger partial charge in [0.2, 0.25) is 5.91 Å². The van der Waals surface area contributed by atoms with Crippen LogP contribution in [0.1, 0.15) is 27.7 Å². The minimum atomic E-state index is 0.0410. The van der Waals surface area contributed by atoms with Crippen molar-refractivity contribution >= 4 is 33.6 Å². The summed E-state index contributed by atoms with van der Waals surface area (Å²) in [5, 5.41) is 3.81. The number of halogens is 1. The van der Waals surface area contributed by atoms with Gasteiger partial charge in [0.15, 0.2) is 5.16 Å². The number of hydrogen-bond donors (Lipinski definition) is 1. The predicted octanol–water partition coefficient (Wildman–Crippen LogP) is 4.59. The van der Waals surface area contributed by atoms with Gasteiger partial charge >= 0.3 is 0 Å². The van der Waals surface area contributed by atoms with Gasteiger partial charge in [0.05, 0.1) is 17.6 Å². The van der Waals surface area contributed by atoms with E-state index in [1.807, 2.05) is 32.2 Å². The Morgan fingerprint density at radius 3 is 2.50 bits per heavy atom. The molecule has 0 unspecified atom stereocenters. The Hall–Kier alpha value is -1.27. The topological polar surface area (TPSA) is 46.9 Å². The van der Waals surface area contributed by atoms with Crippen LogP contribution >= 0.6 is 27.7 Å². The summed E-state index contributed by atoms with van der Waals surface area (Å²) in [6, 6.07) is 8.39. The summed E-state index contributed by atoms with van der Waals surface area (Å²) >= 11 is 4.96. The molecule has 0 bridgehead atoms. The van der Waals surface area contributed by atoms with Crippen molar-refractivity contribution < 1.29 is 4.79 Å². The molecule has 1 N–H and O–H groups in total. The normalized spacial score (nSPS) is 11.3. The van der Waals surface area contributed by atoms with Crippen LogP contribution in [0.5, 0.6) is 0 Å². The van der Waals surface area contributed by atoms with Crippen molar-refractivity contribution in [2.45, 2.75) is 45.4 Å². The van der Waals surface area contributed by atoms with E-state index < -0.39 is 0 Å². The van der Waals surface area contributed by atoms with Crippen molar-refractivity contribution in [2.75, 3.05) is 5.75 Å². The number of aromatic nitrogens is 2. The fraction of sp³-hybridized carbons (Fsp3) is 0.444. The van der Waals surface area contributed by atoms with Gasteiger partial charge in [-0.05, 0) is 37.5 Å². The first-order valence-corrected chi connectivity index (χ1v) is 9.88. The smallest absolute Gasteiger partial charge is 0.230 e. The highest BCUT2D eigenvalue weighted by molar-refractivity contribution is 9.10.